The van der Waals surface area contributed by atoms with Gasteiger partial charge >= 0.3 is 0 Å². The summed E-state index contributed by atoms with van der Waals surface area (Å²) in [5, 5.41) is 16.4. The number of rotatable bonds is 6. The van der Waals surface area contributed by atoms with Gasteiger partial charge in [-0.1, -0.05) is 0 Å². The van der Waals surface area contributed by atoms with Gasteiger partial charge < -0.3 is 9.64 Å². The van der Waals surface area contributed by atoms with Crippen LogP contribution in [0, 0.1) is 10.1 Å². The van der Waals surface area contributed by atoms with E-state index in [1.54, 1.807) is 31.1 Å². The molecule has 2 heterocycles. The number of hydrogen-bond acceptors (Lipinski definition) is 8. The molecule has 0 spiro atoms. The van der Waals surface area contributed by atoms with Gasteiger partial charge in [-0.15, -0.1) is 11.3 Å². The molecule has 1 fully saturated rings. The molecule has 156 valence electrons. The van der Waals surface area contributed by atoms with Crippen molar-refractivity contribution in [2.75, 3.05) is 37.4 Å². The summed E-state index contributed by atoms with van der Waals surface area (Å²) in [4.78, 5) is 31.8. The molecule has 1 aromatic heterocycles. The fourth-order valence-corrected chi connectivity index (χ4v) is 4.13. The van der Waals surface area contributed by atoms with E-state index >= 15 is 0 Å². The quantitative estimate of drug-likeness (QED) is 0.567. The molecular weight excluding hydrogens is 394 g/mol. The second-order valence-corrected chi connectivity index (χ2v) is 8.26. The maximum atomic E-state index is 12.5. The highest BCUT2D eigenvalue weighted by Gasteiger charge is 2.23. The summed E-state index contributed by atoms with van der Waals surface area (Å²) in [5.74, 6) is -0.423. The van der Waals surface area contributed by atoms with E-state index in [-0.39, 0.29) is 23.5 Å². The first-order valence-electron chi connectivity index (χ1n) is 9.32. The highest BCUT2D eigenvalue weighted by atomic mass is 32.1. The second kappa shape index (κ2) is 8.85. The third kappa shape index (κ3) is 5.28. The van der Waals surface area contributed by atoms with Crippen molar-refractivity contribution in [1.29, 1.82) is 0 Å². The Morgan fingerprint density at radius 3 is 2.69 bits per heavy atom. The fraction of sp³-hybridized carbons (Fsp3) is 0.474. The minimum absolute atomic E-state index is 0.113. The van der Waals surface area contributed by atoms with Crippen LogP contribution in [0.1, 0.15) is 29.9 Å². The summed E-state index contributed by atoms with van der Waals surface area (Å²) in [6.07, 6.45) is 0.356. The van der Waals surface area contributed by atoms with E-state index in [2.05, 4.69) is 29.0 Å². The molecule has 1 aliphatic rings. The molecule has 2 atom stereocenters. The van der Waals surface area contributed by atoms with Gasteiger partial charge in [0.25, 0.3) is 11.6 Å². The van der Waals surface area contributed by atoms with Gasteiger partial charge in [0.15, 0.2) is 5.13 Å². The van der Waals surface area contributed by atoms with Gasteiger partial charge in [-0.3, -0.25) is 25.1 Å². The molecule has 3 rings (SSSR count). The Balaban J connectivity index is 1.67. The van der Waals surface area contributed by atoms with E-state index in [1.165, 1.54) is 17.4 Å². The number of anilines is 2. The number of nitrogens with zero attached hydrogens (tertiary/aromatic N) is 4. The van der Waals surface area contributed by atoms with Crippen molar-refractivity contribution in [1.82, 2.24) is 9.88 Å². The number of carbonyl (C=O) groups is 1. The SMILES string of the molecule is C[C@@H]1CN(Cc2csc(NC(=O)c3ccc(N(C)C)c([N+](=O)[O-])c3)n2)C[C@H](C)O1. The normalized spacial score (nSPS) is 19.7. The van der Waals surface area contributed by atoms with Crippen LogP contribution in [0.5, 0.6) is 0 Å². The maximum absolute atomic E-state index is 12.5. The van der Waals surface area contributed by atoms with Crippen molar-refractivity contribution in [3.63, 3.8) is 0 Å². The maximum Gasteiger partial charge on any atom is 0.293 e. The van der Waals surface area contributed by atoms with Gasteiger partial charge in [0, 0.05) is 50.7 Å². The van der Waals surface area contributed by atoms with Crippen molar-refractivity contribution in [2.24, 2.45) is 0 Å². The molecule has 0 radical (unpaired) electrons. The number of ether oxygens (including phenoxy) is 1. The first kappa shape index (κ1) is 21.2. The molecule has 0 unspecified atom stereocenters. The number of amides is 1. The summed E-state index contributed by atoms with van der Waals surface area (Å²) in [6.45, 7) is 6.47. The van der Waals surface area contributed by atoms with Gasteiger partial charge in [-0.25, -0.2) is 4.98 Å². The Morgan fingerprint density at radius 1 is 1.38 bits per heavy atom. The highest BCUT2D eigenvalue weighted by Crippen LogP contribution is 2.28. The standard InChI is InChI=1S/C19H25N5O4S/c1-12-8-23(9-13(2)28-12)10-15-11-29-19(20-15)21-18(25)14-5-6-16(22(3)4)17(7-14)24(26)27/h5-7,11-13H,8-10H2,1-4H3,(H,20,21,25)/t12-,13+. The van der Waals surface area contributed by atoms with Crippen LogP contribution in [0.25, 0.3) is 0 Å². The fourth-order valence-electron chi connectivity index (χ4n) is 3.44. The molecule has 1 aliphatic heterocycles. The van der Waals surface area contributed by atoms with Gasteiger partial charge in [-0.05, 0) is 26.0 Å². The number of hydrogen-bond donors (Lipinski definition) is 1. The van der Waals surface area contributed by atoms with Crippen LogP contribution in [-0.4, -0.2) is 60.1 Å². The minimum atomic E-state index is -0.488. The molecule has 10 heteroatoms. The molecule has 29 heavy (non-hydrogen) atoms. The molecule has 1 saturated heterocycles. The summed E-state index contributed by atoms with van der Waals surface area (Å²) in [7, 11) is 3.43. The van der Waals surface area contributed by atoms with Crippen LogP contribution in [0.15, 0.2) is 23.6 Å². The van der Waals surface area contributed by atoms with Gasteiger partial charge in [0.1, 0.15) is 5.69 Å². The number of nitro groups is 1. The lowest BCUT2D eigenvalue weighted by atomic mass is 10.1. The van der Waals surface area contributed by atoms with Crippen molar-refractivity contribution in [2.45, 2.75) is 32.6 Å². The average molecular weight is 420 g/mol. The number of thiazole rings is 1. The predicted octanol–water partition coefficient (Wildman–Crippen LogP) is 2.98. The molecule has 1 amide bonds. The van der Waals surface area contributed by atoms with Crippen LogP contribution in [0.3, 0.4) is 0 Å². The van der Waals surface area contributed by atoms with E-state index in [0.717, 1.165) is 18.8 Å². The number of morpholine rings is 1. The largest absolute Gasteiger partial charge is 0.373 e. The van der Waals surface area contributed by atoms with Crippen molar-refractivity contribution in [3.05, 3.63) is 45.0 Å². The van der Waals surface area contributed by atoms with Gasteiger partial charge in [0.2, 0.25) is 0 Å². The minimum Gasteiger partial charge on any atom is -0.373 e. The zero-order chi connectivity index (χ0) is 21.1. The smallest absolute Gasteiger partial charge is 0.293 e. The topological polar surface area (TPSA) is 101 Å². The third-order valence-electron chi connectivity index (χ3n) is 4.57. The summed E-state index contributed by atoms with van der Waals surface area (Å²) >= 11 is 1.34. The van der Waals surface area contributed by atoms with Crippen LogP contribution < -0.4 is 10.2 Å². The Hall–Kier alpha value is -2.56. The van der Waals surface area contributed by atoms with E-state index < -0.39 is 10.8 Å². The number of nitrogens with one attached hydrogen (secondary N) is 1. The lowest BCUT2D eigenvalue weighted by Crippen LogP contribution is -2.44. The van der Waals surface area contributed by atoms with Crippen LogP contribution in [0.4, 0.5) is 16.5 Å². The summed E-state index contributed by atoms with van der Waals surface area (Å²) in [5.41, 5.74) is 1.42. The average Bonchev–Trinajstić information content (AvgIpc) is 3.06. The summed E-state index contributed by atoms with van der Waals surface area (Å²) in [6, 6.07) is 4.43. The molecule has 2 aromatic rings. The first-order valence-corrected chi connectivity index (χ1v) is 10.2. The molecular formula is C19H25N5O4S. The molecule has 0 saturated carbocycles. The lowest BCUT2D eigenvalue weighted by molar-refractivity contribution is -0.384. The molecule has 1 N–H and O–H groups in total. The Morgan fingerprint density at radius 2 is 2.07 bits per heavy atom. The van der Waals surface area contributed by atoms with Gasteiger partial charge in [-0.2, -0.15) is 0 Å². The second-order valence-electron chi connectivity index (χ2n) is 7.40. The summed E-state index contributed by atoms with van der Waals surface area (Å²) < 4.78 is 5.74. The molecule has 0 bridgehead atoms. The van der Waals surface area contributed by atoms with E-state index in [4.69, 9.17) is 4.74 Å². The van der Waals surface area contributed by atoms with Crippen molar-refractivity contribution < 1.29 is 14.5 Å². The highest BCUT2D eigenvalue weighted by molar-refractivity contribution is 7.14. The number of nitro benzene ring substituents is 1. The van der Waals surface area contributed by atoms with Crippen LogP contribution in [-0.2, 0) is 11.3 Å². The van der Waals surface area contributed by atoms with Gasteiger partial charge in [0.05, 0.1) is 22.8 Å². The number of carbonyl (C=O) groups excluding carboxylic acids is 1. The number of benzene rings is 1. The Labute approximate surface area is 173 Å². The Bertz CT molecular complexity index is 890. The zero-order valence-electron chi connectivity index (χ0n) is 16.9. The van der Waals surface area contributed by atoms with E-state index in [0.29, 0.717) is 17.4 Å². The Kier molecular flexibility index (Phi) is 6.46. The third-order valence-corrected chi connectivity index (χ3v) is 5.38. The van der Waals surface area contributed by atoms with Crippen LogP contribution >= 0.6 is 11.3 Å². The number of aromatic nitrogens is 1. The first-order chi connectivity index (χ1) is 13.7. The van der Waals surface area contributed by atoms with Crippen LogP contribution in [0.2, 0.25) is 0 Å². The predicted molar refractivity (Wildman–Crippen MR) is 113 cm³/mol. The molecule has 0 aliphatic carbocycles. The monoisotopic (exact) mass is 419 g/mol. The molecule has 9 nitrogen and oxygen atoms in total. The lowest BCUT2D eigenvalue weighted by Gasteiger charge is -2.34. The van der Waals surface area contributed by atoms with Crippen molar-refractivity contribution >= 4 is 33.8 Å². The van der Waals surface area contributed by atoms with Crippen molar-refractivity contribution in [3.8, 4) is 0 Å². The zero-order valence-corrected chi connectivity index (χ0v) is 17.7. The van der Waals surface area contributed by atoms with E-state index in [9.17, 15) is 14.9 Å². The molecule has 1 aromatic carbocycles. The van der Waals surface area contributed by atoms with E-state index in [1.807, 2.05) is 5.38 Å².